The van der Waals surface area contributed by atoms with Crippen LogP contribution in [0.1, 0.15) is 54.2 Å². The summed E-state index contributed by atoms with van der Waals surface area (Å²) in [5, 5.41) is 2.00. The smallest absolute Gasteiger partial charge is 0.261 e. The fourth-order valence-corrected chi connectivity index (χ4v) is 15.9. The molecule has 8 aromatic rings. The van der Waals surface area contributed by atoms with Crippen LogP contribution >= 0.6 is 0 Å². The third-order valence-electron chi connectivity index (χ3n) is 15.5. The van der Waals surface area contributed by atoms with Gasteiger partial charge in [-0.2, -0.15) is 0 Å². The first kappa shape index (κ1) is 59.5. The van der Waals surface area contributed by atoms with Crippen LogP contribution in [0.5, 0.6) is 0 Å². The first-order valence-corrected chi connectivity index (χ1v) is 30.9. The Kier molecular flexibility index (Phi) is 21.3. The molecule has 0 saturated carbocycles. The van der Waals surface area contributed by atoms with Crippen molar-refractivity contribution in [3.63, 3.8) is 0 Å². The van der Waals surface area contributed by atoms with Gasteiger partial charge in [0.25, 0.3) is 8.32 Å². The molecule has 10 atom stereocenters. The lowest BCUT2D eigenvalue weighted by Crippen LogP contribution is -2.68. The van der Waals surface area contributed by atoms with Crippen molar-refractivity contribution in [3.8, 4) is 0 Å². The molecule has 0 aliphatic carbocycles. The van der Waals surface area contributed by atoms with Crippen LogP contribution < -0.4 is 10.4 Å². The van der Waals surface area contributed by atoms with Crippen molar-refractivity contribution in [2.75, 3.05) is 13.7 Å². The van der Waals surface area contributed by atoms with E-state index in [0.29, 0.717) is 26.4 Å². The molecule has 430 valence electrons. The summed E-state index contributed by atoms with van der Waals surface area (Å²) in [7, 11) is -1.48. The molecule has 0 aromatic heterocycles. The maximum absolute atomic E-state index is 7.79. The lowest BCUT2D eigenvalue weighted by atomic mass is 9.92. The standard InChI is InChI=1S/C72H78O10Si/c1-72(2,3)83(60-41-25-11-26-42-60,61-43-27-12-28-44-61)80-53-64-67(76-49-56-33-17-7-18-34-56)68(77-50-57-35-19-8-20-36-57)65(74-47-54-29-13-5-14-30-54)62(81-64)45-46-63-66(75-48-55-31-15-6-16-32-55)69(78-51-58-37-21-9-22-38-58)70(71(73-4)82-63)79-52-59-39-23-10-24-40-59/h5-46,62-71H,47-53H2,1-4H3/b46-45-/t62-,63?,64?,65?,66-,67-,68?,69?,70?,71-/m0/s1. The van der Waals surface area contributed by atoms with Gasteiger partial charge < -0.3 is 47.1 Å². The summed E-state index contributed by atoms with van der Waals surface area (Å²) in [5.74, 6) is 0. The predicted octanol–water partition coefficient (Wildman–Crippen LogP) is 12.8. The molecule has 0 N–H and O–H groups in total. The lowest BCUT2D eigenvalue weighted by molar-refractivity contribution is -0.309. The molecule has 10 rings (SSSR count). The van der Waals surface area contributed by atoms with E-state index in [9.17, 15) is 0 Å². The number of ether oxygens (including phenoxy) is 9. The average Bonchev–Trinajstić information content (AvgIpc) is 3.72. The molecular formula is C72H78O10Si. The normalized spacial score (nSPS) is 23.0. The van der Waals surface area contributed by atoms with Crippen molar-refractivity contribution < 1.29 is 47.1 Å². The Bertz CT molecular complexity index is 3080. The fraction of sp³-hybridized carbons (Fsp3) is 0.306. The summed E-state index contributed by atoms with van der Waals surface area (Å²) in [5.41, 5.74) is 6.05. The summed E-state index contributed by atoms with van der Waals surface area (Å²) in [6.45, 7) is 8.81. The summed E-state index contributed by atoms with van der Waals surface area (Å²) in [6.07, 6.45) is -3.05. The molecule has 0 bridgehead atoms. The van der Waals surface area contributed by atoms with Crippen molar-refractivity contribution in [2.45, 2.75) is 127 Å². The van der Waals surface area contributed by atoms with Crippen LogP contribution in [-0.4, -0.2) is 83.3 Å². The number of hydrogen-bond donors (Lipinski definition) is 0. The Morgan fingerprint density at radius 3 is 0.952 bits per heavy atom. The van der Waals surface area contributed by atoms with Crippen LogP contribution in [-0.2, 0) is 86.7 Å². The summed E-state index contributed by atoms with van der Waals surface area (Å²) in [6, 6.07) is 82.4. The minimum absolute atomic E-state index is 0.179. The lowest BCUT2D eigenvalue weighted by Gasteiger charge is -2.48. The first-order valence-electron chi connectivity index (χ1n) is 29.0. The van der Waals surface area contributed by atoms with Gasteiger partial charge in [0.1, 0.15) is 54.9 Å². The Morgan fingerprint density at radius 1 is 0.349 bits per heavy atom. The van der Waals surface area contributed by atoms with Crippen molar-refractivity contribution in [1.29, 1.82) is 0 Å². The van der Waals surface area contributed by atoms with Gasteiger partial charge in [0.2, 0.25) is 0 Å². The van der Waals surface area contributed by atoms with Gasteiger partial charge in [-0.05, 0) is 48.8 Å². The molecule has 0 radical (unpaired) electrons. The second-order valence-electron chi connectivity index (χ2n) is 22.3. The molecule has 83 heavy (non-hydrogen) atoms. The van der Waals surface area contributed by atoms with E-state index >= 15 is 0 Å². The SMILES string of the molecule is CO[C@H]1OC(/C=C\[C@@H]2OC(CO[Si](c3ccccc3)(c3ccccc3)C(C)(C)C)[C@H](OCc3ccccc3)C(OCc3ccccc3)C2OCc2ccccc2)[C@H](OCc2ccccc2)C(OCc2ccccc2)C1OCc1ccccc1. The largest absolute Gasteiger partial charge is 0.405 e. The van der Waals surface area contributed by atoms with Gasteiger partial charge in [0, 0.05) is 7.11 Å². The quantitative estimate of drug-likeness (QED) is 0.0386. The molecule has 0 amide bonds. The van der Waals surface area contributed by atoms with Crippen molar-refractivity contribution in [3.05, 3.63) is 288 Å². The summed E-state index contributed by atoms with van der Waals surface area (Å²) in [4.78, 5) is 0. The topological polar surface area (TPSA) is 92.3 Å². The van der Waals surface area contributed by atoms with Crippen LogP contribution in [0.15, 0.2) is 255 Å². The highest BCUT2D eigenvalue weighted by Gasteiger charge is 2.54. The first-order chi connectivity index (χ1) is 40.8. The van der Waals surface area contributed by atoms with E-state index in [0.717, 1.165) is 43.8 Å². The van der Waals surface area contributed by atoms with Gasteiger partial charge in [-0.15, -0.1) is 0 Å². The van der Waals surface area contributed by atoms with Gasteiger partial charge in [-0.3, -0.25) is 0 Å². The molecular weight excluding hydrogens is 1050 g/mol. The Labute approximate surface area is 492 Å². The highest BCUT2D eigenvalue weighted by molar-refractivity contribution is 6.99. The highest BCUT2D eigenvalue weighted by atomic mass is 28.4. The maximum atomic E-state index is 7.79. The Balaban J connectivity index is 1.07. The number of hydrogen-bond acceptors (Lipinski definition) is 10. The van der Waals surface area contributed by atoms with E-state index < -0.39 is 69.5 Å². The zero-order valence-corrected chi connectivity index (χ0v) is 49.1. The Morgan fingerprint density at radius 2 is 0.627 bits per heavy atom. The molecule has 8 aromatic carbocycles. The van der Waals surface area contributed by atoms with Crippen molar-refractivity contribution >= 4 is 18.7 Å². The molecule has 2 heterocycles. The monoisotopic (exact) mass is 1130 g/mol. The van der Waals surface area contributed by atoms with Gasteiger partial charge >= 0.3 is 0 Å². The second-order valence-corrected chi connectivity index (χ2v) is 26.6. The maximum Gasteiger partial charge on any atom is 0.261 e. The molecule has 2 aliphatic heterocycles. The summed E-state index contributed by atoms with van der Waals surface area (Å²) >= 11 is 0. The van der Waals surface area contributed by atoms with E-state index in [1.54, 1.807) is 7.11 Å². The molecule has 2 aliphatic rings. The number of benzene rings is 8. The van der Waals surface area contributed by atoms with E-state index in [-0.39, 0.29) is 24.9 Å². The molecule has 11 heteroatoms. The van der Waals surface area contributed by atoms with Gasteiger partial charge in [-0.1, -0.05) is 276 Å². The van der Waals surface area contributed by atoms with Crippen LogP contribution in [0, 0.1) is 0 Å². The van der Waals surface area contributed by atoms with Crippen molar-refractivity contribution in [1.82, 2.24) is 0 Å². The molecule has 6 unspecified atom stereocenters. The minimum Gasteiger partial charge on any atom is -0.405 e. The van der Waals surface area contributed by atoms with E-state index in [2.05, 4.69) is 142 Å². The Hall–Kier alpha value is -6.68. The molecule has 10 nitrogen and oxygen atoms in total. The molecule has 2 fully saturated rings. The fourth-order valence-electron chi connectivity index (χ4n) is 11.3. The van der Waals surface area contributed by atoms with Crippen LogP contribution in [0.25, 0.3) is 0 Å². The van der Waals surface area contributed by atoms with Gasteiger partial charge in [0.05, 0.1) is 46.2 Å². The third kappa shape index (κ3) is 15.6. The zero-order chi connectivity index (χ0) is 57.1. The molecule has 2 saturated heterocycles. The second kappa shape index (κ2) is 29.7. The van der Waals surface area contributed by atoms with Gasteiger partial charge in [-0.25, -0.2) is 0 Å². The van der Waals surface area contributed by atoms with E-state index in [4.69, 9.17) is 47.1 Å². The zero-order valence-electron chi connectivity index (χ0n) is 48.1. The number of methoxy groups -OCH3 is 1. The average molecular weight is 1130 g/mol. The summed E-state index contributed by atoms with van der Waals surface area (Å²) < 4.78 is 71.3. The van der Waals surface area contributed by atoms with Crippen LogP contribution in [0.3, 0.4) is 0 Å². The highest BCUT2D eigenvalue weighted by Crippen LogP contribution is 2.39. The predicted molar refractivity (Wildman–Crippen MR) is 327 cm³/mol. The minimum atomic E-state index is -3.12. The molecule has 0 spiro atoms. The van der Waals surface area contributed by atoms with Crippen molar-refractivity contribution in [2.24, 2.45) is 0 Å². The van der Waals surface area contributed by atoms with Crippen LogP contribution in [0.2, 0.25) is 5.04 Å². The van der Waals surface area contributed by atoms with E-state index in [1.165, 1.54) is 0 Å². The van der Waals surface area contributed by atoms with Gasteiger partial charge in [0.15, 0.2) is 6.29 Å². The van der Waals surface area contributed by atoms with Crippen LogP contribution in [0.4, 0.5) is 0 Å². The van der Waals surface area contributed by atoms with E-state index in [1.807, 2.05) is 133 Å². The third-order valence-corrected chi connectivity index (χ3v) is 20.5. The number of rotatable bonds is 26.